The molecular weight excluding hydrogens is 192 g/mol. The summed E-state index contributed by atoms with van der Waals surface area (Å²) in [4.78, 5) is 4.53. The fourth-order valence-corrected chi connectivity index (χ4v) is 2.90. The number of thiazole rings is 1. The summed E-state index contributed by atoms with van der Waals surface area (Å²) in [5, 5.41) is 6.97. The second-order valence-corrected chi connectivity index (χ2v) is 5.10. The van der Waals surface area contributed by atoms with E-state index in [4.69, 9.17) is 0 Å². The molecule has 0 aromatic carbocycles. The third-order valence-electron chi connectivity index (χ3n) is 2.78. The van der Waals surface area contributed by atoms with Gasteiger partial charge in [-0.05, 0) is 38.8 Å². The molecule has 1 aliphatic heterocycles. The van der Waals surface area contributed by atoms with E-state index in [1.54, 1.807) is 0 Å². The van der Waals surface area contributed by atoms with Crippen LogP contribution in [0.25, 0.3) is 0 Å². The van der Waals surface area contributed by atoms with Crippen molar-refractivity contribution < 1.29 is 0 Å². The van der Waals surface area contributed by atoms with Crippen molar-refractivity contribution in [2.45, 2.75) is 32.6 Å². The van der Waals surface area contributed by atoms with Crippen molar-refractivity contribution in [2.24, 2.45) is 5.92 Å². The van der Waals surface area contributed by atoms with Crippen LogP contribution in [0.2, 0.25) is 0 Å². The zero-order chi connectivity index (χ0) is 9.80. The van der Waals surface area contributed by atoms with Crippen LogP contribution in [-0.4, -0.2) is 18.1 Å². The molecule has 14 heavy (non-hydrogen) atoms. The first kappa shape index (κ1) is 10.1. The van der Waals surface area contributed by atoms with Gasteiger partial charge in [0.15, 0.2) is 0 Å². The standard InChI is InChI=1S/C11H18N2S/c1-9-8-14-11(13-9)6-10-4-2-3-5-12-7-10/h8,10,12H,2-7H2,1H3. The largest absolute Gasteiger partial charge is 0.316 e. The van der Waals surface area contributed by atoms with E-state index in [0.29, 0.717) is 0 Å². The summed E-state index contributed by atoms with van der Waals surface area (Å²) >= 11 is 1.81. The molecule has 2 nitrogen and oxygen atoms in total. The van der Waals surface area contributed by atoms with Gasteiger partial charge in [0, 0.05) is 17.5 Å². The highest BCUT2D eigenvalue weighted by molar-refractivity contribution is 7.09. The van der Waals surface area contributed by atoms with Crippen LogP contribution in [0.4, 0.5) is 0 Å². The summed E-state index contributed by atoms with van der Waals surface area (Å²) in [6.45, 7) is 4.46. The number of nitrogens with zero attached hydrogens (tertiary/aromatic N) is 1. The van der Waals surface area contributed by atoms with Gasteiger partial charge in [-0.2, -0.15) is 0 Å². The molecule has 2 rings (SSSR count). The normalized spacial score (nSPS) is 23.4. The van der Waals surface area contributed by atoms with Gasteiger partial charge in [-0.25, -0.2) is 4.98 Å². The van der Waals surface area contributed by atoms with Crippen molar-refractivity contribution in [3.05, 3.63) is 16.1 Å². The molecule has 1 unspecified atom stereocenters. The molecule has 1 aromatic rings. The molecule has 0 radical (unpaired) electrons. The first-order chi connectivity index (χ1) is 6.84. The van der Waals surface area contributed by atoms with E-state index in [0.717, 1.165) is 5.92 Å². The lowest BCUT2D eigenvalue weighted by Gasteiger charge is -2.11. The second-order valence-electron chi connectivity index (χ2n) is 4.15. The molecule has 0 saturated carbocycles. The van der Waals surface area contributed by atoms with Crippen molar-refractivity contribution in [1.29, 1.82) is 0 Å². The Morgan fingerprint density at radius 3 is 3.29 bits per heavy atom. The zero-order valence-electron chi connectivity index (χ0n) is 8.75. The molecule has 1 aliphatic rings. The van der Waals surface area contributed by atoms with Crippen molar-refractivity contribution in [1.82, 2.24) is 10.3 Å². The van der Waals surface area contributed by atoms with Gasteiger partial charge in [-0.1, -0.05) is 6.42 Å². The number of aryl methyl sites for hydroxylation is 1. The van der Waals surface area contributed by atoms with Gasteiger partial charge in [0.1, 0.15) is 0 Å². The Kier molecular flexibility index (Phi) is 3.54. The average molecular weight is 210 g/mol. The summed E-state index contributed by atoms with van der Waals surface area (Å²) < 4.78 is 0. The lowest BCUT2D eigenvalue weighted by molar-refractivity contribution is 0.476. The van der Waals surface area contributed by atoms with Crippen molar-refractivity contribution in [3.63, 3.8) is 0 Å². The molecule has 1 N–H and O–H groups in total. The number of hydrogen-bond donors (Lipinski definition) is 1. The van der Waals surface area contributed by atoms with E-state index in [9.17, 15) is 0 Å². The summed E-state index contributed by atoms with van der Waals surface area (Å²) in [6.07, 6.45) is 5.26. The molecule has 3 heteroatoms. The summed E-state index contributed by atoms with van der Waals surface area (Å²) in [5.41, 5.74) is 1.17. The van der Waals surface area contributed by atoms with Gasteiger partial charge in [0.25, 0.3) is 0 Å². The monoisotopic (exact) mass is 210 g/mol. The Labute approximate surface area is 89.8 Å². The maximum Gasteiger partial charge on any atom is 0.0931 e. The molecule has 1 fully saturated rings. The fraction of sp³-hybridized carbons (Fsp3) is 0.727. The fourth-order valence-electron chi connectivity index (χ4n) is 2.01. The first-order valence-corrected chi connectivity index (χ1v) is 6.34. The SMILES string of the molecule is Cc1csc(CC2CCCCNC2)n1. The average Bonchev–Trinajstić information content (AvgIpc) is 2.43. The van der Waals surface area contributed by atoms with Crippen LogP contribution < -0.4 is 5.32 Å². The zero-order valence-corrected chi connectivity index (χ0v) is 9.57. The molecule has 0 spiro atoms. The van der Waals surface area contributed by atoms with Gasteiger partial charge >= 0.3 is 0 Å². The lowest BCUT2D eigenvalue weighted by Crippen LogP contribution is -2.21. The lowest BCUT2D eigenvalue weighted by atomic mass is 10.0. The Morgan fingerprint density at radius 1 is 1.57 bits per heavy atom. The maximum atomic E-state index is 4.53. The van der Waals surface area contributed by atoms with E-state index in [2.05, 4.69) is 22.6 Å². The van der Waals surface area contributed by atoms with Crippen LogP contribution in [0.15, 0.2) is 5.38 Å². The van der Waals surface area contributed by atoms with Crippen LogP contribution in [0, 0.1) is 12.8 Å². The quantitative estimate of drug-likeness (QED) is 0.810. The second kappa shape index (κ2) is 4.89. The van der Waals surface area contributed by atoms with Gasteiger partial charge in [-0.15, -0.1) is 11.3 Å². The predicted octanol–water partition coefficient (Wildman–Crippen LogP) is 2.38. The Morgan fingerprint density at radius 2 is 2.50 bits per heavy atom. The van der Waals surface area contributed by atoms with Crippen molar-refractivity contribution >= 4 is 11.3 Å². The highest BCUT2D eigenvalue weighted by Crippen LogP contribution is 2.19. The van der Waals surface area contributed by atoms with Gasteiger partial charge in [-0.3, -0.25) is 0 Å². The van der Waals surface area contributed by atoms with Crippen LogP contribution in [-0.2, 0) is 6.42 Å². The summed E-state index contributed by atoms with van der Waals surface area (Å²) in [6, 6.07) is 0. The van der Waals surface area contributed by atoms with E-state index in [1.165, 1.54) is 49.5 Å². The number of aromatic nitrogens is 1. The minimum atomic E-state index is 0.808. The van der Waals surface area contributed by atoms with Crippen LogP contribution in [0.1, 0.15) is 30.0 Å². The van der Waals surface area contributed by atoms with Crippen molar-refractivity contribution in [3.8, 4) is 0 Å². The number of hydrogen-bond acceptors (Lipinski definition) is 3. The molecule has 78 valence electrons. The predicted molar refractivity (Wildman–Crippen MR) is 60.8 cm³/mol. The van der Waals surface area contributed by atoms with E-state index >= 15 is 0 Å². The van der Waals surface area contributed by atoms with Crippen LogP contribution in [0.5, 0.6) is 0 Å². The number of nitrogens with one attached hydrogen (secondary N) is 1. The van der Waals surface area contributed by atoms with E-state index < -0.39 is 0 Å². The highest BCUT2D eigenvalue weighted by Gasteiger charge is 2.13. The Balaban J connectivity index is 1.89. The molecule has 1 atom stereocenters. The first-order valence-electron chi connectivity index (χ1n) is 5.46. The van der Waals surface area contributed by atoms with Gasteiger partial charge < -0.3 is 5.32 Å². The molecule has 1 saturated heterocycles. The summed E-state index contributed by atoms with van der Waals surface area (Å²) in [7, 11) is 0. The van der Waals surface area contributed by atoms with Gasteiger partial charge in [0.2, 0.25) is 0 Å². The maximum absolute atomic E-state index is 4.53. The van der Waals surface area contributed by atoms with Crippen molar-refractivity contribution in [2.75, 3.05) is 13.1 Å². The highest BCUT2D eigenvalue weighted by atomic mass is 32.1. The molecule has 0 amide bonds. The molecule has 0 bridgehead atoms. The third kappa shape index (κ3) is 2.79. The topological polar surface area (TPSA) is 24.9 Å². The third-order valence-corrected chi connectivity index (χ3v) is 3.77. The Hall–Kier alpha value is -0.410. The number of rotatable bonds is 2. The minimum Gasteiger partial charge on any atom is -0.316 e. The van der Waals surface area contributed by atoms with Gasteiger partial charge in [0.05, 0.1) is 5.01 Å². The molecular formula is C11H18N2S. The van der Waals surface area contributed by atoms with Crippen LogP contribution >= 0.6 is 11.3 Å². The minimum absolute atomic E-state index is 0.808. The molecule has 2 heterocycles. The molecule has 1 aromatic heterocycles. The van der Waals surface area contributed by atoms with Crippen LogP contribution in [0.3, 0.4) is 0 Å². The van der Waals surface area contributed by atoms with E-state index in [-0.39, 0.29) is 0 Å². The Bertz CT molecular complexity index is 275. The smallest absolute Gasteiger partial charge is 0.0931 e. The molecule has 0 aliphatic carbocycles. The summed E-state index contributed by atoms with van der Waals surface area (Å²) in [5.74, 6) is 0.808. The van der Waals surface area contributed by atoms with E-state index in [1.807, 2.05) is 11.3 Å².